The van der Waals surface area contributed by atoms with Crippen LogP contribution in [0, 0.1) is 0 Å². The fraction of sp³-hybridized carbons (Fsp3) is 0.348. The Hall–Kier alpha value is -3.24. The van der Waals surface area contributed by atoms with E-state index in [0.717, 1.165) is 53.7 Å². The minimum atomic E-state index is -0.313. The molecule has 170 valence electrons. The van der Waals surface area contributed by atoms with Crippen molar-refractivity contribution in [1.29, 1.82) is 0 Å². The van der Waals surface area contributed by atoms with Gasteiger partial charge in [0.15, 0.2) is 0 Å². The number of aromatic nitrogens is 5. The standard InChI is InChI=1S/C23H24FN7OS/c1-30-12-17(10-27-30)18-8-16-9-21(29-23(32)20-13-33-14-26-20)25-11-19(16)28-22(18)15-2-5-31(6-3-15)7-4-24/h8-15H,2-7H2,1H3,(H,25,29,32). The van der Waals surface area contributed by atoms with E-state index in [0.29, 0.717) is 18.1 Å². The Labute approximate surface area is 194 Å². The normalized spacial score (nSPS) is 15.2. The molecular formula is C23H24FN7OS. The summed E-state index contributed by atoms with van der Waals surface area (Å²) < 4.78 is 14.5. The number of fused-ring (bicyclic) bond motifs is 1. The predicted octanol–water partition coefficient (Wildman–Crippen LogP) is 3.89. The average Bonchev–Trinajstić information content (AvgIpc) is 3.51. The number of likely N-dealkylation sites (tertiary alicyclic amines) is 1. The monoisotopic (exact) mass is 465 g/mol. The lowest BCUT2D eigenvalue weighted by molar-refractivity contribution is 0.102. The number of hydrogen-bond acceptors (Lipinski definition) is 7. The Morgan fingerprint density at radius 2 is 2.09 bits per heavy atom. The average molecular weight is 466 g/mol. The quantitative estimate of drug-likeness (QED) is 0.465. The van der Waals surface area contributed by atoms with Crippen LogP contribution in [0.2, 0.25) is 0 Å². The van der Waals surface area contributed by atoms with Crippen molar-refractivity contribution in [2.24, 2.45) is 7.05 Å². The van der Waals surface area contributed by atoms with Crippen molar-refractivity contribution in [1.82, 2.24) is 29.6 Å². The molecule has 1 fully saturated rings. The van der Waals surface area contributed by atoms with Crippen molar-refractivity contribution in [2.45, 2.75) is 18.8 Å². The number of thiazole rings is 1. The fourth-order valence-electron chi connectivity index (χ4n) is 4.32. The summed E-state index contributed by atoms with van der Waals surface area (Å²) >= 11 is 1.37. The number of anilines is 1. The van der Waals surface area contributed by atoms with E-state index in [1.54, 1.807) is 21.8 Å². The van der Waals surface area contributed by atoms with Crippen LogP contribution >= 0.6 is 11.3 Å². The number of piperidine rings is 1. The SMILES string of the molecule is Cn1cc(-c2cc3cc(NC(=O)c4cscn4)ncc3nc2C2CCN(CCF)CC2)cn1. The number of rotatable bonds is 6. The van der Waals surface area contributed by atoms with Gasteiger partial charge in [0.1, 0.15) is 18.2 Å². The molecule has 0 aromatic carbocycles. The van der Waals surface area contributed by atoms with Crippen LogP contribution in [0.1, 0.15) is 34.9 Å². The maximum absolute atomic E-state index is 12.8. The van der Waals surface area contributed by atoms with Gasteiger partial charge >= 0.3 is 0 Å². The van der Waals surface area contributed by atoms with Crippen LogP contribution in [0.3, 0.4) is 0 Å². The van der Waals surface area contributed by atoms with Crippen LogP contribution in [-0.2, 0) is 7.05 Å². The molecular weight excluding hydrogens is 441 g/mol. The summed E-state index contributed by atoms with van der Waals surface area (Å²) in [6, 6.07) is 3.93. The summed E-state index contributed by atoms with van der Waals surface area (Å²) in [7, 11) is 1.89. The highest BCUT2D eigenvalue weighted by molar-refractivity contribution is 7.07. The molecule has 0 unspecified atom stereocenters. The van der Waals surface area contributed by atoms with E-state index in [1.165, 1.54) is 11.3 Å². The zero-order valence-corrected chi connectivity index (χ0v) is 19.1. The van der Waals surface area contributed by atoms with Gasteiger partial charge < -0.3 is 10.2 Å². The van der Waals surface area contributed by atoms with E-state index in [2.05, 4.69) is 31.3 Å². The van der Waals surface area contributed by atoms with Crippen molar-refractivity contribution in [3.05, 3.63) is 53.0 Å². The van der Waals surface area contributed by atoms with Crippen LogP contribution in [-0.4, -0.2) is 61.8 Å². The van der Waals surface area contributed by atoms with Gasteiger partial charge in [-0.2, -0.15) is 5.10 Å². The summed E-state index contributed by atoms with van der Waals surface area (Å²) in [6.45, 7) is 1.90. The molecule has 0 saturated carbocycles. The number of carbonyl (C=O) groups excluding carboxylic acids is 1. The van der Waals surface area contributed by atoms with Crippen LogP contribution in [0.15, 0.2) is 41.6 Å². The van der Waals surface area contributed by atoms with Crippen molar-refractivity contribution in [3.63, 3.8) is 0 Å². The molecule has 0 aliphatic carbocycles. The Kier molecular flexibility index (Phi) is 6.10. The highest BCUT2D eigenvalue weighted by Gasteiger charge is 2.25. The van der Waals surface area contributed by atoms with Gasteiger partial charge in [0.05, 0.1) is 29.1 Å². The smallest absolute Gasteiger partial charge is 0.276 e. The summed E-state index contributed by atoms with van der Waals surface area (Å²) in [4.78, 5) is 28.0. The Morgan fingerprint density at radius 1 is 1.24 bits per heavy atom. The summed E-state index contributed by atoms with van der Waals surface area (Å²) in [6.07, 6.45) is 7.39. The van der Waals surface area contributed by atoms with Crippen molar-refractivity contribution >= 4 is 34.0 Å². The first-order valence-electron chi connectivity index (χ1n) is 10.9. The Morgan fingerprint density at radius 3 is 2.79 bits per heavy atom. The highest BCUT2D eigenvalue weighted by atomic mass is 32.1. The second kappa shape index (κ2) is 9.32. The summed E-state index contributed by atoms with van der Waals surface area (Å²) in [5, 5.41) is 9.74. The minimum Gasteiger partial charge on any atom is -0.305 e. The summed E-state index contributed by atoms with van der Waals surface area (Å²) in [5.41, 5.74) is 5.81. The zero-order valence-electron chi connectivity index (χ0n) is 18.2. The number of alkyl halides is 1. The Bertz CT molecular complexity index is 1270. The number of hydrogen-bond donors (Lipinski definition) is 1. The largest absolute Gasteiger partial charge is 0.305 e. The van der Waals surface area contributed by atoms with Gasteiger partial charge in [0.25, 0.3) is 5.91 Å². The Balaban J connectivity index is 1.49. The summed E-state index contributed by atoms with van der Waals surface area (Å²) in [5.74, 6) is 0.441. The molecule has 33 heavy (non-hydrogen) atoms. The zero-order chi connectivity index (χ0) is 22.8. The van der Waals surface area contributed by atoms with Gasteiger partial charge in [-0.25, -0.2) is 14.4 Å². The molecule has 1 aliphatic rings. The number of nitrogens with one attached hydrogen (secondary N) is 1. The van der Waals surface area contributed by atoms with Gasteiger partial charge in [-0.15, -0.1) is 11.3 Å². The maximum Gasteiger partial charge on any atom is 0.276 e. The minimum absolute atomic E-state index is 0.282. The molecule has 0 spiro atoms. The number of halogens is 1. The van der Waals surface area contributed by atoms with Crippen LogP contribution in [0.5, 0.6) is 0 Å². The van der Waals surface area contributed by atoms with E-state index >= 15 is 0 Å². The van der Waals surface area contributed by atoms with Gasteiger partial charge in [0.2, 0.25) is 0 Å². The lowest BCUT2D eigenvalue weighted by Gasteiger charge is -2.31. The maximum atomic E-state index is 12.8. The fourth-order valence-corrected chi connectivity index (χ4v) is 4.85. The van der Waals surface area contributed by atoms with Gasteiger partial charge in [0, 0.05) is 47.6 Å². The second-order valence-electron chi connectivity index (χ2n) is 8.22. The lowest BCUT2D eigenvalue weighted by Crippen LogP contribution is -2.34. The van der Waals surface area contributed by atoms with Gasteiger partial charge in [-0.1, -0.05) is 0 Å². The van der Waals surface area contributed by atoms with E-state index in [1.807, 2.05) is 25.5 Å². The predicted molar refractivity (Wildman–Crippen MR) is 126 cm³/mol. The molecule has 1 aliphatic heterocycles. The molecule has 5 heterocycles. The second-order valence-corrected chi connectivity index (χ2v) is 8.94. The number of amides is 1. The van der Waals surface area contributed by atoms with Crippen LogP contribution in [0.4, 0.5) is 10.2 Å². The first kappa shape index (κ1) is 21.6. The molecule has 10 heteroatoms. The molecule has 4 aromatic rings. The van der Waals surface area contributed by atoms with E-state index in [9.17, 15) is 9.18 Å². The molecule has 5 rings (SSSR count). The lowest BCUT2D eigenvalue weighted by atomic mass is 9.88. The molecule has 1 amide bonds. The van der Waals surface area contributed by atoms with Crippen LogP contribution in [0.25, 0.3) is 22.0 Å². The van der Waals surface area contributed by atoms with Gasteiger partial charge in [-0.3, -0.25) is 14.5 Å². The number of carbonyl (C=O) groups is 1. The first-order valence-corrected chi connectivity index (χ1v) is 11.8. The first-order chi connectivity index (χ1) is 16.1. The third-order valence-electron chi connectivity index (χ3n) is 6.03. The van der Waals surface area contributed by atoms with E-state index in [-0.39, 0.29) is 18.5 Å². The third kappa shape index (κ3) is 4.62. The molecule has 8 nitrogen and oxygen atoms in total. The molecule has 0 radical (unpaired) electrons. The molecule has 4 aromatic heterocycles. The number of nitrogens with zero attached hydrogens (tertiary/aromatic N) is 6. The molecule has 0 atom stereocenters. The molecule has 1 N–H and O–H groups in total. The molecule has 0 bridgehead atoms. The number of aryl methyl sites for hydroxylation is 1. The van der Waals surface area contributed by atoms with E-state index in [4.69, 9.17) is 4.98 Å². The highest BCUT2D eigenvalue weighted by Crippen LogP contribution is 2.36. The third-order valence-corrected chi connectivity index (χ3v) is 6.61. The van der Waals surface area contributed by atoms with Crippen molar-refractivity contribution < 1.29 is 9.18 Å². The van der Waals surface area contributed by atoms with Crippen LogP contribution < -0.4 is 5.32 Å². The van der Waals surface area contributed by atoms with Crippen molar-refractivity contribution in [3.8, 4) is 11.1 Å². The topological polar surface area (TPSA) is 88.8 Å². The van der Waals surface area contributed by atoms with Crippen molar-refractivity contribution in [2.75, 3.05) is 31.6 Å². The number of pyridine rings is 2. The molecule has 1 saturated heterocycles. The van der Waals surface area contributed by atoms with Gasteiger partial charge in [-0.05, 0) is 38.1 Å². The van der Waals surface area contributed by atoms with E-state index < -0.39 is 0 Å².